The number of ether oxygens (including phenoxy) is 1. The Kier molecular flexibility index (Phi) is 4.57. The molecule has 0 aliphatic carbocycles. The maximum atomic E-state index is 7.53. The number of aryl methyl sites for hydroxylation is 2. The SMILES string of the molecule is CCc1nc(CC)n(Cc2ccc(C(=N)N)c(OC)c2)n1. The summed E-state index contributed by atoms with van der Waals surface area (Å²) in [6.45, 7) is 4.74. The number of nitrogens with two attached hydrogens (primary N) is 1. The van der Waals surface area contributed by atoms with Crippen LogP contribution in [0.1, 0.15) is 36.6 Å². The van der Waals surface area contributed by atoms with Crippen LogP contribution in [0.25, 0.3) is 0 Å². The number of hydrogen-bond acceptors (Lipinski definition) is 4. The van der Waals surface area contributed by atoms with Gasteiger partial charge in [0.15, 0.2) is 5.82 Å². The number of methoxy groups -OCH3 is 1. The van der Waals surface area contributed by atoms with E-state index in [1.54, 1.807) is 13.2 Å². The Morgan fingerprint density at radius 3 is 2.67 bits per heavy atom. The van der Waals surface area contributed by atoms with Gasteiger partial charge in [0.2, 0.25) is 0 Å². The Bertz CT molecular complexity index is 648. The largest absolute Gasteiger partial charge is 0.496 e. The molecular formula is C15H21N5O. The molecule has 2 rings (SSSR count). The Labute approximate surface area is 124 Å². The van der Waals surface area contributed by atoms with E-state index < -0.39 is 0 Å². The van der Waals surface area contributed by atoms with Gasteiger partial charge in [0.1, 0.15) is 17.4 Å². The lowest BCUT2D eigenvalue weighted by atomic mass is 10.1. The number of nitrogens with zero attached hydrogens (tertiary/aromatic N) is 3. The topological polar surface area (TPSA) is 89.8 Å². The third kappa shape index (κ3) is 3.21. The van der Waals surface area contributed by atoms with Gasteiger partial charge in [0.05, 0.1) is 19.2 Å². The van der Waals surface area contributed by atoms with E-state index in [0.29, 0.717) is 17.9 Å². The van der Waals surface area contributed by atoms with E-state index in [0.717, 1.165) is 30.1 Å². The van der Waals surface area contributed by atoms with Gasteiger partial charge in [-0.05, 0) is 17.7 Å². The first kappa shape index (κ1) is 15.0. The number of aromatic nitrogens is 3. The summed E-state index contributed by atoms with van der Waals surface area (Å²) >= 11 is 0. The summed E-state index contributed by atoms with van der Waals surface area (Å²) < 4.78 is 7.22. The van der Waals surface area contributed by atoms with Crippen LogP contribution in [0.3, 0.4) is 0 Å². The van der Waals surface area contributed by atoms with Gasteiger partial charge in [0, 0.05) is 12.8 Å². The highest BCUT2D eigenvalue weighted by Crippen LogP contribution is 2.20. The quantitative estimate of drug-likeness (QED) is 0.625. The average Bonchev–Trinajstić information content (AvgIpc) is 2.89. The lowest BCUT2D eigenvalue weighted by Gasteiger charge is -2.10. The second-order valence-corrected chi connectivity index (χ2v) is 4.76. The lowest BCUT2D eigenvalue weighted by Crippen LogP contribution is -2.13. The molecule has 1 aromatic heterocycles. The zero-order chi connectivity index (χ0) is 15.4. The molecule has 0 aliphatic heterocycles. The third-order valence-electron chi connectivity index (χ3n) is 3.31. The molecule has 6 heteroatoms. The third-order valence-corrected chi connectivity index (χ3v) is 3.31. The molecule has 0 unspecified atom stereocenters. The van der Waals surface area contributed by atoms with Crippen molar-refractivity contribution >= 4 is 5.84 Å². The van der Waals surface area contributed by atoms with Crippen LogP contribution >= 0.6 is 0 Å². The van der Waals surface area contributed by atoms with Crippen molar-refractivity contribution in [3.8, 4) is 5.75 Å². The first-order valence-corrected chi connectivity index (χ1v) is 7.02. The molecule has 6 nitrogen and oxygen atoms in total. The van der Waals surface area contributed by atoms with Crippen molar-refractivity contribution in [1.29, 1.82) is 5.41 Å². The predicted octanol–water partition coefficient (Wildman–Crippen LogP) is 1.74. The molecule has 2 aromatic rings. The molecule has 0 saturated carbocycles. The van der Waals surface area contributed by atoms with Crippen LogP contribution in [0.15, 0.2) is 18.2 Å². The summed E-state index contributed by atoms with van der Waals surface area (Å²) in [6.07, 6.45) is 1.67. The van der Waals surface area contributed by atoms with Crippen LogP contribution in [-0.4, -0.2) is 27.7 Å². The van der Waals surface area contributed by atoms with Gasteiger partial charge in [-0.15, -0.1) is 0 Å². The highest BCUT2D eigenvalue weighted by molar-refractivity contribution is 5.97. The van der Waals surface area contributed by atoms with Crippen molar-refractivity contribution in [2.24, 2.45) is 5.73 Å². The number of nitrogen functional groups attached to an aromatic ring is 1. The molecule has 0 aliphatic rings. The summed E-state index contributed by atoms with van der Waals surface area (Å²) in [6, 6.07) is 5.63. The van der Waals surface area contributed by atoms with Crippen molar-refractivity contribution in [2.45, 2.75) is 33.2 Å². The van der Waals surface area contributed by atoms with E-state index in [1.165, 1.54) is 0 Å². The second-order valence-electron chi connectivity index (χ2n) is 4.76. The van der Waals surface area contributed by atoms with Crippen LogP contribution in [0.2, 0.25) is 0 Å². The van der Waals surface area contributed by atoms with Crippen LogP contribution in [0.4, 0.5) is 0 Å². The fourth-order valence-electron chi connectivity index (χ4n) is 2.19. The maximum Gasteiger partial charge on any atom is 0.150 e. The molecular weight excluding hydrogens is 266 g/mol. The molecule has 0 bridgehead atoms. The fraction of sp³-hybridized carbons (Fsp3) is 0.400. The molecule has 0 fully saturated rings. The molecule has 0 radical (unpaired) electrons. The number of nitrogens with one attached hydrogen (secondary N) is 1. The van der Waals surface area contributed by atoms with Gasteiger partial charge in [-0.1, -0.05) is 19.9 Å². The summed E-state index contributed by atoms with van der Waals surface area (Å²) in [7, 11) is 1.58. The summed E-state index contributed by atoms with van der Waals surface area (Å²) in [5.41, 5.74) is 7.18. The summed E-state index contributed by atoms with van der Waals surface area (Å²) in [4.78, 5) is 4.50. The Morgan fingerprint density at radius 1 is 1.33 bits per heavy atom. The van der Waals surface area contributed by atoms with Crippen molar-refractivity contribution < 1.29 is 4.74 Å². The van der Waals surface area contributed by atoms with E-state index in [1.807, 2.05) is 23.7 Å². The van der Waals surface area contributed by atoms with E-state index >= 15 is 0 Å². The highest BCUT2D eigenvalue weighted by atomic mass is 16.5. The first-order chi connectivity index (χ1) is 10.1. The highest BCUT2D eigenvalue weighted by Gasteiger charge is 2.10. The van der Waals surface area contributed by atoms with Crippen LogP contribution in [0, 0.1) is 5.41 Å². The summed E-state index contributed by atoms with van der Waals surface area (Å²) in [5.74, 6) is 2.44. The zero-order valence-electron chi connectivity index (χ0n) is 12.7. The minimum atomic E-state index is 0.00155. The van der Waals surface area contributed by atoms with Gasteiger partial charge in [-0.25, -0.2) is 9.67 Å². The molecule has 21 heavy (non-hydrogen) atoms. The number of rotatable bonds is 6. The molecule has 112 valence electrons. The van der Waals surface area contributed by atoms with Gasteiger partial charge < -0.3 is 10.5 Å². The Morgan fingerprint density at radius 2 is 2.10 bits per heavy atom. The average molecular weight is 287 g/mol. The zero-order valence-corrected chi connectivity index (χ0v) is 12.7. The Balaban J connectivity index is 2.31. The molecule has 0 amide bonds. The molecule has 0 saturated heterocycles. The minimum Gasteiger partial charge on any atom is -0.496 e. The smallest absolute Gasteiger partial charge is 0.150 e. The number of hydrogen-bond donors (Lipinski definition) is 2. The van der Waals surface area contributed by atoms with Crippen molar-refractivity contribution in [2.75, 3.05) is 7.11 Å². The first-order valence-electron chi connectivity index (χ1n) is 7.02. The molecule has 3 N–H and O–H groups in total. The number of amidine groups is 1. The fourth-order valence-corrected chi connectivity index (χ4v) is 2.19. The van der Waals surface area contributed by atoms with Crippen LogP contribution < -0.4 is 10.5 Å². The van der Waals surface area contributed by atoms with Crippen molar-refractivity contribution in [3.63, 3.8) is 0 Å². The van der Waals surface area contributed by atoms with Gasteiger partial charge in [0.25, 0.3) is 0 Å². The van der Waals surface area contributed by atoms with E-state index in [9.17, 15) is 0 Å². The molecule has 0 atom stereocenters. The van der Waals surface area contributed by atoms with Crippen LogP contribution in [0.5, 0.6) is 5.75 Å². The van der Waals surface area contributed by atoms with Crippen molar-refractivity contribution in [3.05, 3.63) is 41.0 Å². The Hall–Kier alpha value is -2.37. The molecule has 0 spiro atoms. The van der Waals surface area contributed by atoms with Gasteiger partial charge in [-0.3, -0.25) is 5.41 Å². The number of benzene rings is 1. The maximum absolute atomic E-state index is 7.53. The predicted molar refractivity (Wildman–Crippen MR) is 81.9 cm³/mol. The van der Waals surface area contributed by atoms with Gasteiger partial charge >= 0.3 is 0 Å². The summed E-state index contributed by atoms with van der Waals surface area (Å²) in [5, 5.41) is 12.0. The van der Waals surface area contributed by atoms with E-state index in [2.05, 4.69) is 17.0 Å². The normalized spacial score (nSPS) is 10.6. The van der Waals surface area contributed by atoms with E-state index in [4.69, 9.17) is 15.9 Å². The standard InChI is InChI=1S/C15H21N5O/c1-4-13-18-14(5-2)20(19-13)9-10-6-7-11(15(16)17)12(8-10)21-3/h6-8H,4-5,9H2,1-3H3,(H3,16,17). The molecule has 1 heterocycles. The van der Waals surface area contributed by atoms with Crippen molar-refractivity contribution in [1.82, 2.24) is 14.8 Å². The lowest BCUT2D eigenvalue weighted by molar-refractivity contribution is 0.413. The second kappa shape index (κ2) is 6.39. The van der Waals surface area contributed by atoms with Crippen LogP contribution in [-0.2, 0) is 19.4 Å². The van der Waals surface area contributed by atoms with Gasteiger partial charge in [-0.2, -0.15) is 5.10 Å². The molecule has 1 aromatic carbocycles. The van der Waals surface area contributed by atoms with E-state index in [-0.39, 0.29) is 5.84 Å². The monoisotopic (exact) mass is 287 g/mol. The minimum absolute atomic E-state index is 0.00155.